The molecule has 2 heterocycles. The number of carbonyl (C=O) groups excluding carboxylic acids is 2. The number of hydrogen-bond donors (Lipinski definition) is 1. The van der Waals surface area contributed by atoms with Crippen molar-refractivity contribution in [3.63, 3.8) is 0 Å². The minimum atomic E-state index is -0.487. The Hall–Kier alpha value is -2.50. The van der Waals surface area contributed by atoms with Crippen molar-refractivity contribution in [3.8, 4) is 11.5 Å². The number of hydrogen-bond acceptors (Lipinski definition) is 5. The molecule has 1 amide bonds. The van der Waals surface area contributed by atoms with E-state index in [1.165, 1.54) is 0 Å². The summed E-state index contributed by atoms with van der Waals surface area (Å²) in [6.45, 7) is 4.90. The highest BCUT2D eigenvalue weighted by atomic mass is 16.5. The fraction of sp³-hybridized carbons (Fsp3) is 0.565. The van der Waals surface area contributed by atoms with Gasteiger partial charge in [0.2, 0.25) is 0 Å². The zero-order valence-corrected chi connectivity index (χ0v) is 17.1. The first-order valence-electron chi connectivity index (χ1n) is 10.8. The zero-order valence-electron chi connectivity index (χ0n) is 17.1. The summed E-state index contributed by atoms with van der Waals surface area (Å²) in [6, 6.07) is 4.59. The molecule has 0 spiro atoms. The predicted octanol–water partition coefficient (Wildman–Crippen LogP) is 3.89. The van der Waals surface area contributed by atoms with E-state index in [1.54, 1.807) is 23.1 Å². The van der Waals surface area contributed by atoms with Crippen molar-refractivity contribution >= 4 is 11.7 Å². The largest absolute Gasteiger partial charge is 0.504 e. The van der Waals surface area contributed by atoms with Crippen molar-refractivity contribution in [1.82, 2.24) is 4.90 Å². The molecule has 6 heteroatoms. The second kappa shape index (κ2) is 8.09. The van der Waals surface area contributed by atoms with E-state index in [-0.39, 0.29) is 35.2 Å². The molecular formula is C23H29NO5. The first-order valence-corrected chi connectivity index (χ1v) is 10.8. The highest BCUT2D eigenvalue weighted by Gasteiger charge is 2.51. The third kappa shape index (κ3) is 3.38. The number of aromatic hydroxyl groups is 1. The summed E-state index contributed by atoms with van der Waals surface area (Å²) in [5, 5.41) is 10.1. The highest BCUT2D eigenvalue weighted by Crippen LogP contribution is 2.47. The Morgan fingerprint density at radius 1 is 1.21 bits per heavy atom. The van der Waals surface area contributed by atoms with Gasteiger partial charge in [-0.15, -0.1) is 0 Å². The molecule has 4 rings (SSSR count). The van der Waals surface area contributed by atoms with Crippen LogP contribution in [-0.4, -0.2) is 41.0 Å². The SMILES string of the molecule is CCCCN1C(=O)C2=C(C(=O)C3CCCCC3O2)C1c1ccc(O)c(OCC)c1. The van der Waals surface area contributed by atoms with E-state index in [2.05, 4.69) is 6.92 Å². The Kier molecular flexibility index (Phi) is 5.52. The third-order valence-corrected chi connectivity index (χ3v) is 6.21. The molecule has 1 saturated carbocycles. The van der Waals surface area contributed by atoms with Crippen LogP contribution in [0.2, 0.25) is 0 Å². The van der Waals surface area contributed by atoms with Crippen molar-refractivity contribution in [2.24, 2.45) is 5.92 Å². The van der Waals surface area contributed by atoms with Gasteiger partial charge in [0.25, 0.3) is 5.91 Å². The summed E-state index contributed by atoms with van der Waals surface area (Å²) in [6.07, 6.45) is 5.31. The molecule has 6 nitrogen and oxygen atoms in total. The summed E-state index contributed by atoms with van der Waals surface area (Å²) >= 11 is 0. The summed E-state index contributed by atoms with van der Waals surface area (Å²) < 4.78 is 11.7. The number of amides is 1. The van der Waals surface area contributed by atoms with Gasteiger partial charge in [-0.25, -0.2) is 0 Å². The Labute approximate surface area is 171 Å². The number of carbonyl (C=O) groups is 2. The molecule has 1 aromatic rings. The Bertz CT molecular complexity index is 846. The normalized spacial score (nSPS) is 26.3. The molecule has 2 aliphatic heterocycles. The predicted molar refractivity (Wildman–Crippen MR) is 108 cm³/mol. The number of unbranched alkanes of at least 4 members (excludes halogenated alkanes) is 1. The molecule has 29 heavy (non-hydrogen) atoms. The minimum absolute atomic E-state index is 0.0489. The van der Waals surface area contributed by atoms with E-state index in [1.807, 2.05) is 6.92 Å². The lowest BCUT2D eigenvalue weighted by Gasteiger charge is -2.35. The van der Waals surface area contributed by atoms with E-state index >= 15 is 0 Å². The van der Waals surface area contributed by atoms with Crippen LogP contribution in [0.1, 0.15) is 64.0 Å². The Morgan fingerprint density at radius 3 is 2.76 bits per heavy atom. The lowest BCUT2D eigenvalue weighted by Crippen LogP contribution is -2.39. The van der Waals surface area contributed by atoms with Gasteiger partial charge in [-0.2, -0.15) is 0 Å². The molecule has 1 N–H and O–H groups in total. The monoisotopic (exact) mass is 399 g/mol. The van der Waals surface area contributed by atoms with Crippen LogP contribution in [0.25, 0.3) is 0 Å². The summed E-state index contributed by atoms with van der Waals surface area (Å²) in [5.74, 6) is 0.355. The average Bonchev–Trinajstić information content (AvgIpc) is 3.00. The van der Waals surface area contributed by atoms with Crippen molar-refractivity contribution < 1.29 is 24.2 Å². The fourth-order valence-electron chi connectivity index (χ4n) is 4.77. The molecule has 0 radical (unpaired) electrons. The van der Waals surface area contributed by atoms with E-state index in [0.717, 1.165) is 44.1 Å². The fourth-order valence-corrected chi connectivity index (χ4v) is 4.77. The molecule has 1 fully saturated rings. The second-order valence-corrected chi connectivity index (χ2v) is 8.07. The van der Waals surface area contributed by atoms with Gasteiger partial charge in [-0.3, -0.25) is 9.59 Å². The average molecular weight is 399 g/mol. The number of phenols is 1. The number of fused-ring (bicyclic) bond motifs is 1. The molecule has 0 aromatic heterocycles. The van der Waals surface area contributed by atoms with Crippen LogP contribution in [0.5, 0.6) is 11.5 Å². The first kappa shape index (κ1) is 19.8. The van der Waals surface area contributed by atoms with Crippen LogP contribution in [0, 0.1) is 5.92 Å². The van der Waals surface area contributed by atoms with Gasteiger partial charge in [-0.05, 0) is 50.3 Å². The van der Waals surface area contributed by atoms with Gasteiger partial charge in [0.1, 0.15) is 6.10 Å². The van der Waals surface area contributed by atoms with Gasteiger partial charge in [0.15, 0.2) is 23.0 Å². The van der Waals surface area contributed by atoms with Crippen LogP contribution < -0.4 is 4.74 Å². The van der Waals surface area contributed by atoms with Gasteiger partial charge in [-0.1, -0.05) is 25.8 Å². The van der Waals surface area contributed by atoms with Crippen molar-refractivity contribution in [2.45, 2.75) is 64.5 Å². The smallest absolute Gasteiger partial charge is 0.290 e. The van der Waals surface area contributed by atoms with E-state index in [0.29, 0.717) is 24.5 Å². The Morgan fingerprint density at radius 2 is 2.00 bits per heavy atom. The molecule has 156 valence electrons. The topological polar surface area (TPSA) is 76.1 Å². The molecule has 1 aliphatic carbocycles. The van der Waals surface area contributed by atoms with E-state index in [4.69, 9.17) is 9.47 Å². The molecule has 3 atom stereocenters. The number of ketones is 1. The van der Waals surface area contributed by atoms with Crippen LogP contribution in [0.15, 0.2) is 29.5 Å². The van der Waals surface area contributed by atoms with Crippen molar-refractivity contribution in [2.75, 3.05) is 13.2 Å². The molecule has 1 aromatic carbocycles. The number of benzene rings is 1. The maximum atomic E-state index is 13.5. The molecule has 0 saturated heterocycles. The van der Waals surface area contributed by atoms with Gasteiger partial charge in [0, 0.05) is 6.54 Å². The molecule has 3 aliphatic rings. The number of Topliss-reactive ketones (excluding diaryl/α,β-unsaturated/α-hetero) is 1. The highest BCUT2D eigenvalue weighted by molar-refractivity contribution is 6.11. The number of rotatable bonds is 6. The molecular weight excluding hydrogens is 370 g/mol. The van der Waals surface area contributed by atoms with Gasteiger partial charge >= 0.3 is 0 Å². The second-order valence-electron chi connectivity index (χ2n) is 8.07. The molecule has 0 bridgehead atoms. The summed E-state index contributed by atoms with van der Waals surface area (Å²) in [4.78, 5) is 28.5. The van der Waals surface area contributed by atoms with Crippen LogP contribution in [-0.2, 0) is 14.3 Å². The number of phenolic OH excluding ortho intramolecular Hbond substituents is 1. The number of nitrogens with zero attached hydrogens (tertiary/aromatic N) is 1. The summed E-state index contributed by atoms with van der Waals surface area (Å²) in [7, 11) is 0. The first-order chi connectivity index (χ1) is 14.1. The van der Waals surface area contributed by atoms with Crippen LogP contribution in [0.4, 0.5) is 0 Å². The van der Waals surface area contributed by atoms with E-state index in [9.17, 15) is 14.7 Å². The lowest BCUT2D eigenvalue weighted by molar-refractivity contribution is -0.135. The quantitative estimate of drug-likeness (QED) is 0.785. The standard InChI is InChI=1S/C23H29NO5/c1-3-5-12-24-20(14-10-11-16(25)18(13-14)28-4-2)19-21(26)15-8-6-7-9-17(15)29-22(19)23(24)27/h10-11,13,15,17,20,25H,3-9,12H2,1-2H3. The minimum Gasteiger partial charge on any atom is -0.504 e. The Balaban J connectivity index is 1.78. The third-order valence-electron chi connectivity index (χ3n) is 6.21. The molecule has 3 unspecified atom stereocenters. The van der Waals surface area contributed by atoms with Crippen molar-refractivity contribution in [3.05, 3.63) is 35.1 Å². The maximum Gasteiger partial charge on any atom is 0.290 e. The van der Waals surface area contributed by atoms with Gasteiger partial charge < -0.3 is 19.5 Å². The van der Waals surface area contributed by atoms with Crippen molar-refractivity contribution in [1.29, 1.82) is 0 Å². The maximum absolute atomic E-state index is 13.5. The lowest BCUT2D eigenvalue weighted by atomic mass is 9.77. The van der Waals surface area contributed by atoms with Crippen LogP contribution in [0.3, 0.4) is 0 Å². The summed E-state index contributed by atoms with van der Waals surface area (Å²) in [5.41, 5.74) is 1.26. The van der Waals surface area contributed by atoms with E-state index < -0.39 is 6.04 Å². The van der Waals surface area contributed by atoms with Crippen LogP contribution >= 0.6 is 0 Å². The van der Waals surface area contributed by atoms with Gasteiger partial charge in [0.05, 0.1) is 24.1 Å². The zero-order chi connectivity index (χ0) is 20.5. The number of ether oxygens (including phenoxy) is 2.